The predicted octanol–water partition coefficient (Wildman–Crippen LogP) is 1.59. The third kappa shape index (κ3) is 4.06. The van der Waals surface area contributed by atoms with E-state index in [1.807, 2.05) is 7.05 Å². The zero-order valence-corrected chi connectivity index (χ0v) is 12.2. The van der Waals surface area contributed by atoms with Gasteiger partial charge >= 0.3 is 0 Å². The summed E-state index contributed by atoms with van der Waals surface area (Å²) in [4.78, 5) is 3.30. The minimum atomic E-state index is -3.37. The van der Waals surface area contributed by atoms with E-state index < -0.39 is 10.0 Å². The number of aromatic amines is 1. The normalized spacial score (nSPS) is 17.7. The Hall–Kier alpha value is -0.850. The lowest BCUT2D eigenvalue weighted by Gasteiger charge is -2.21. The van der Waals surface area contributed by atoms with Crippen LogP contribution in [0.5, 0.6) is 0 Å². The van der Waals surface area contributed by atoms with Crippen molar-refractivity contribution in [1.29, 1.82) is 0 Å². The number of H-pyrrole nitrogens is 1. The van der Waals surface area contributed by atoms with Gasteiger partial charge in [-0.25, -0.2) is 13.1 Å². The third-order valence-electron chi connectivity index (χ3n) is 3.68. The van der Waals surface area contributed by atoms with E-state index in [2.05, 4.69) is 15.0 Å². The fourth-order valence-electron chi connectivity index (χ4n) is 2.57. The largest absolute Gasteiger partial charge is 0.363 e. The number of hydrogen-bond acceptors (Lipinski definition) is 3. The van der Waals surface area contributed by atoms with E-state index >= 15 is 0 Å². The Morgan fingerprint density at radius 3 is 2.74 bits per heavy atom. The minimum absolute atomic E-state index is 0.327. The van der Waals surface area contributed by atoms with Gasteiger partial charge in [0.2, 0.25) is 10.0 Å². The van der Waals surface area contributed by atoms with Crippen molar-refractivity contribution in [3.63, 3.8) is 0 Å². The Bertz CT molecular complexity index is 490. The molecule has 3 N–H and O–H groups in total. The van der Waals surface area contributed by atoms with Gasteiger partial charge in [0.05, 0.1) is 4.90 Å². The molecule has 1 aromatic rings. The van der Waals surface area contributed by atoms with Crippen molar-refractivity contribution in [1.82, 2.24) is 15.0 Å². The van der Waals surface area contributed by atoms with Gasteiger partial charge in [-0.3, -0.25) is 0 Å². The molecule has 1 saturated carbocycles. The second-order valence-electron chi connectivity index (χ2n) is 5.25. The first kappa shape index (κ1) is 14.6. The molecule has 0 aromatic carbocycles. The molecule has 0 radical (unpaired) electrons. The highest BCUT2D eigenvalue weighted by Gasteiger charge is 2.19. The average molecular weight is 285 g/mol. The number of nitrogens with one attached hydrogen (secondary N) is 3. The van der Waals surface area contributed by atoms with E-state index in [0.717, 1.165) is 18.5 Å². The lowest BCUT2D eigenvalue weighted by atomic mass is 9.90. The van der Waals surface area contributed by atoms with Gasteiger partial charge < -0.3 is 10.3 Å². The maximum atomic E-state index is 12.1. The molecule has 6 heteroatoms. The Morgan fingerprint density at radius 1 is 1.32 bits per heavy atom. The highest BCUT2D eigenvalue weighted by atomic mass is 32.2. The van der Waals surface area contributed by atoms with Gasteiger partial charge in [0.15, 0.2) is 0 Å². The first-order valence-electron chi connectivity index (χ1n) is 6.93. The topological polar surface area (TPSA) is 74.0 Å². The van der Waals surface area contributed by atoms with Gasteiger partial charge in [-0.1, -0.05) is 19.3 Å². The van der Waals surface area contributed by atoms with Gasteiger partial charge in [0.25, 0.3) is 0 Å². The van der Waals surface area contributed by atoms with E-state index in [-0.39, 0.29) is 0 Å². The first-order chi connectivity index (χ1) is 9.12. The van der Waals surface area contributed by atoms with Crippen LogP contribution in [0.4, 0.5) is 0 Å². The predicted molar refractivity (Wildman–Crippen MR) is 75.3 cm³/mol. The van der Waals surface area contributed by atoms with Crippen molar-refractivity contribution in [3.05, 3.63) is 18.0 Å². The standard InChI is InChI=1S/C13H23N3O2S/c1-14-9-12-7-13(10-15-12)19(17,18)16-8-11-5-3-2-4-6-11/h7,10-11,14-16H,2-6,8-9H2,1H3. The summed E-state index contributed by atoms with van der Waals surface area (Å²) >= 11 is 0. The second-order valence-corrected chi connectivity index (χ2v) is 7.01. The molecule has 2 rings (SSSR count). The first-order valence-corrected chi connectivity index (χ1v) is 8.41. The van der Waals surface area contributed by atoms with Crippen molar-refractivity contribution >= 4 is 10.0 Å². The maximum absolute atomic E-state index is 12.1. The molecule has 1 aliphatic rings. The lowest BCUT2D eigenvalue weighted by molar-refractivity contribution is 0.357. The summed E-state index contributed by atoms with van der Waals surface area (Å²) in [6, 6.07) is 1.68. The van der Waals surface area contributed by atoms with Crippen molar-refractivity contribution in [2.75, 3.05) is 13.6 Å². The minimum Gasteiger partial charge on any atom is -0.363 e. The zero-order valence-electron chi connectivity index (χ0n) is 11.4. The Balaban J connectivity index is 1.92. The van der Waals surface area contributed by atoms with Crippen LogP contribution in [-0.4, -0.2) is 27.0 Å². The van der Waals surface area contributed by atoms with Gasteiger partial charge in [0.1, 0.15) is 0 Å². The molecule has 0 atom stereocenters. The van der Waals surface area contributed by atoms with Crippen molar-refractivity contribution in [2.45, 2.75) is 43.5 Å². The summed E-state index contributed by atoms with van der Waals surface area (Å²) in [7, 11) is -1.54. The Kier molecular flexibility index (Phi) is 5.01. The fraction of sp³-hybridized carbons (Fsp3) is 0.692. The van der Waals surface area contributed by atoms with Crippen LogP contribution in [0.2, 0.25) is 0 Å². The summed E-state index contributed by atoms with van der Waals surface area (Å²) < 4.78 is 27.0. The molecular weight excluding hydrogens is 262 g/mol. The van der Waals surface area contributed by atoms with Gasteiger partial charge in [0, 0.05) is 25.0 Å². The maximum Gasteiger partial charge on any atom is 0.242 e. The quantitative estimate of drug-likeness (QED) is 0.743. The number of sulfonamides is 1. The van der Waals surface area contributed by atoms with Crippen molar-refractivity contribution in [3.8, 4) is 0 Å². The molecule has 0 unspecified atom stereocenters. The van der Waals surface area contributed by atoms with E-state index in [1.165, 1.54) is 19.3 Å². The molecule has 0 spiro atoms. The number of rotatable bonds is 6. The van der Waals surface area contributed by atoms with Crippen LogP contribution in [-0.2, 0) is 16.6 Å². The molecule has 1 aromatic heterocycles. The van der Waals surface area contributed by atoms with Crippen LogP contribution < -0.4 is 10.0 Å². The van der Waals surface area contributed by atoms with Crippen molar-refractivity contribution in [2.24, 2.45) is 5.92 Å². The van der Waals surface area contributed by atoms with Crippen LogP contribution in [0, 0.1) is 5.92 Å². The summed E-state index contributed by atoms with van der Waals surface area (Å²) in [5, 5.41) is 2.99. The molecule has 1 heterocycles. The van der Waals surface area contributed by atoms with Gasteiger partial charge in [-0.05, 0) is 31.9 Å². The monoisotopic (exact) mass is 285 g/mol. The summed E-state index contributed by atoms with van der Waals surface area (Å²) in [6.07, 6.45) is 7.57. The highest BCUT2D eigenvalue weighted by molar-refractivity contribution is 7.89. The molecule has 5 nitrogen and oxygen atoms in total. The van der Waals surface area contributed by atoms with E-state index in [4.69, 9.17) is 0 Å². The van der Waals surface area contributed by atoms with E-state index in [9.17, 15) is 8.42 Å². The summed E-state index contributed by atoms with van der Waals surface area (Å²) in [5.41, 5.74) is 0.876. The van der Waals surface area contributed by atoms with E-state index in [0.29, 0.717) is 23.9 Å². The highest BCUT2D eigenvalue weighted by Crippen LogP contribution is 2.23. The molecule has 0 amide bonds. The Labute approximate surface area is 115 Å². The molecule has 0 aliphatic heterocycles. The smallest absolute Gasteiger partial charge is 0.242 e. The van der Waals surface area contributed by atoms with Crippen LogP contribution >= 0.6 is 0 Å². The Morgan fingerprint density at radius 2 is 2.05 bits per heavy atom. The summed E-state index contributed by atoms with van der Waals surface area (Å²) in [5.74, 6) is 0.499. The molecule has 1 aliphatic carbocycles. The molecule has 19 heavy (non-hydrogen) atoms. The fourth-order valence-corrected chi connectivity index (χ4v) is 3.70. The van der Waals surface area contributed by atoms with Crippen molar-refractivity contribution < 1.29 is 8.42 Å². The molecule has 108 valence electrons. The second kappa shape index (κ2) is 6.54. The van der Waals surface area contributed by atoms with E-state index in [1.54, 1.807) is 12.3 Å². The SMILES string of the molecule is CNCc1cc(S(=O)(=O)NCC2CCCCC2)c[nH]1. The lowest BCUT2D eigenvalue weighted by Crippen LogP contribution is -2.30. The average Bonchev–Trinajstić information content (AvgIpc) is 2.88. The number of aromatic nitrogens is 1. The molecule has 0 bridgehead atoms. The van der Waals surface area contributed by atoms with Crippen LogP contribution in [0.25, 0.3) is 0 Å². The third-order valence-corrected chi connectivity index (χ3v) is 5.08. The molecule has 1 fully saturated rings. The molecular formula is C13H23N3O2S. The molecule has 0 saturated heterocycles. The van der Waals surface area contributed by atoms with Gasteiger partial charge in [-0.15, -0.1) is 0 Å². The van der Waals surface area contributed by atoms with Crippen LogP contribution in [0.3, 0.4) is 0 Å². The van der Waals surface area contributed by atoms with Gasteiger partial charge in [-0.2, -0.15) is 0 Å². The van der Waals surface area contributed by atoms with Crippen LogP contribution in [0.1, 0.15) is 37.8 Å². The number of hydrogen-bond donors (Lipinski definition) is 3. The van der Waals surface area contributed by atoms with Crippen LogP contribution in [0.15, 0.2) is 17.2 Å². The zero-order chi connectivity index (χ0) is 13.7. The summed E-state index contributed by atoms with van der Waals surface area (Å²) in [6.45, 7) is 1.20.